The van der Waals surface area contributed by atoms with Crippen molar-refractivity contribution in [3.63, 3.8) is 0 Å². The Balaban J connectivity index is 2.09. The summed E-state index contributed by atoms with van der Waals surface area (Å²) in [7, 11) is 3.44. The SMILES string of the molecule is Cc1nc(C)c(C)c(N2C[C@@H](COCC(=O)N(C)C)OC(C)(C)C2)n1. The Morgan fingerprint density at radius 1 is 1.32 bits per heavy atom. The number of aryl methyl sites for hydroxylation is 2. The first-order chi connectivity index (χ1) is 11.6. The van der Waals surface area contributed by atoms with Crippen molar-refractivity contribution in [2.75, 3.05) is 45.3 Å². The number of rotatable bonds is 5. The first-order valence-electron chi connectivity index (χ1n) is 8.61. The standard InChI is InChI=1S/C18H30N4O3/c1-12-13(2)19-14(3)20-17(12)22-8-15(25-18(4,5)11-22)9-24-10-16(23)21(6)7/h15H,8-11H2,1-7H3/t15-/m0/s1. The predicted molar refractivity (Wildman–Crippen MR) is 96.9 cm³/mol. The maximum absolute atomic E-state index is 11.7. The highest BCUT2D eigenvalue weighted by Gasteiger charge is 2.35. The maximum atomic E-state index is 11.7. The van der Waals surface area contributed by atoms with Crippen molar-refractivity contribution in [1.82, 2.24) is 14.9 Å². The Labute approximate surface area is 150 Å². The number of hydrogen-bond donors (Lipinski definition) is 0. The number of likely N-dealkylation sites (N-methyl/N-ethyl adjacent to an activating group) is 1. The van der Waals surface area contributed by atoms with E-state index in [1.165, 1.54) is 4.90 Å². The number of carbonyl (C=O) groups is 1. The van der Waals surface area contributed by atoms with Crippen molar-refractivity contribution < 1.29 is 14.3 Å². The molecule has 2 heterocycles. The lowest BCUT2D eigenvalue weighted by molar-refractivity contribution is -0.139. The molecule has 1 fully saturated rings. The van der Waals surface area contributed by atoms with E-state index in [2.05, 4.69) is 28.7 Å². The quantitative estimate of drug-likeness (QED) is 0.801. The van der Waals surface area contributed by atoms with Crippen LogP contribution in [0.2, 0.25) is 0 Å². The summed E-state index contributed by atoms with van der Waals surface area (Å²) in [5.41, 5.74) is 1.76. The largest absolute Gasteiger partial charge is 0.369 e. The molecule has 0 spiro atoms. The van der Waals surface area contributed by atoms with Gasteiger partial charge in [-0.05, 0) is 34.6 Å². The molecule has 25 heavy (non-hydrogen) atoms. The van der Waals surface area contributed by atoms with Gasteiger partial charge in [-0.25, -0.2) is 9.97 Å². The molecule has 1 saturated heterocycles. The highest BCUT2D eigenvalue weighted by molar-refractivity contribution is 5.76. The van der Waals surface area contributed by atoms with Crippen LogP contribution in [-0.2, 0) is 14.3 Å². The molecule has 1 aromatic heterocycles. The molecule has 0 radical (unpaired) electrons. The second kappa shape index (κ2) is 7.66. The van der Waals surface area contributed by atoms with E-state index in [0.29, 0.717) is 13.2 Å². The monoisotopic (exact) mass is 350 g/mol. The lowest BCUT2D eigenvalue weighted by Gasteiger charge is -2.43. The van der Waals surface area contributed by atoms with Crippen LogP contribution in [0, 0.1) is 20.8 Å². The van der Waals surface area contributed by atoms with Crippen LogP contribution in [0.25, 0.3) is 0 Å². The molecule has 7 heteroatoms. The fraction of sp³-hybridized carbons (Fsp3) is 0.722. The van der Waals surface area contributed by atoms with Gasteiger partial charge in [-0.15, -0.1) is 0 Å². The van der Waals surface area contributed by atoms with Crippen molar-refractivity contribution in [3.05, 3.63) is 17.1 Å². The topological polar surface area (TPSA) is 67.8 Å². The Kier molecular flexibility index (Phi) is 6.00. The normalized spacial score (nSPS) is 19.8. The number of carbonyl (C=O) groups excluding carboxylic acids is 1. The zero-order valence-electron chi connectivity index (χ0n) is 16.4. The average Bonchev–Trinajstić information content (AvgIpc) is 2.49. The molecule has 140 valence electrons. The van der Waals surface area contributed by atoms with Crippen molar-refractivity contribution in [2.24, 2.45) is 0 Å². The van der Waals surface area contributed by atoms with Gasteiger partial charge in [0.2, 0.25) is 5.91 Å². The molecule has 1 atom stereocenters. The maximum Gasteiger partial charge on any atom is 0.248 e. The van der Waals surface area contributed by atoms with Crippen LogP contribution >= 0.6 is 0 Å². The minimum absolute atomic E-state index is 0.0511. The second-order valence-corrected chi connectivity index (χ2v) is 7.49. The van der Waals surface area contributed by atoms with E-state index in [-0.39, 0.29) is 24.2 Å². The highest BCUT2D eigenvalue weighted by atomic mass is 16.5. The molecule has 0 unspecified atom stereocenters. The van der Waals surface area contributed by atoms with Crippen LogP contribution in [0.3, 0.4) is 0 Å². The van der Waals surface area contributed by atoms with Gasteiger partial charge >= 0.3 is 0 Å². The molecular formula is C18H30N4O3. The average molecular weight is 350 g/mol. The minimum atomic E-state index is -0.322. The van der Waals surface area contributed by atoms with Gasteiger partial charge in [0, 0.05) is 38.4 Å². The summed E-state index contributed by atoms with van der Waals surface area (Å²) < 4.78 is 11.7. The van der Waals surface area contributed by atoms with Gasteiger partial charge in [0.05, 0.1) is 18.3 Å². The molecule has 1 aromatic rings. The fourth-order valence-electron chi connectivity index (χ4n) is 3.01. The fourth-order valence-corrected chi connectivity index (χ4v) is 3.01. The number of hydrogen-bond acceptors (Lipinski definition) is 6. The van der Waals surface area contributed by atoms with Gasteiger partial charge in [-0.2, -0.15) is 0 Å². The Hall–Kier alpha value is -1.73. The molecule has 0 saturated carbocycles. The van der Waals surface area contributed by atoms with E-state index in [1.54, 1.807) is 14.1 Å². The van der Waals surface area contributed by atoms with Crippen LogP contribution in [0.5, 0.6) is 0 Å². The van der Waals surface area contributed by atoms with Crippen LogP contribution in [0.1, 0.15) is 30.9 Å². The second-order valence-electron chi connectivity index (χ2n) is 7.49. The minimum Gasteiger partial charge on any atom is -0.369 e. The van der Waals surface area contributed by atoms with Gasteiger partial charge < -0.3 is 19.3 Å². The molecule has 1 amide bonds. The first kappa shape index (κ1) is 19.6. The molecule has 0 bridgehead atoms. The number of ether oxygens (including phenoxy) is 2. The van der Waals surface area contributed by atoms with E-state index in [1.807, 2.05) is 20.8 Å². The van der Waals surface area contributed by atoms with E-state index in [9.17, 15) is 4.79 Å². The van der Waals surface area contributed by atoms with E-state index >= 15 is 0 Å². The van der Waals surface area contributed by atoms with Crippen molar-refractivity contribution in [3.8, 4) is 0 Å². The summed E-state index contributed by atoms with van der Waals surface area (Å²) in [5.74, 6) is 1.67. The number of morpholine rings is 1. The number of amides is 1. The molecule has 7 nitrogen and oxygen atoms in total. The smallest absolute Gasteiger partial charge is 0.248 e. The summed E-state index contributed by atoms with van der Waals surface area (Å²) in [4.78, 5) is 24.5. The summed E-state index contributed by atoms with van der Waals surface area (Å²) in [6.07, 6.45) is -0.117. The summed E-state index contributed by atoms with van der Waals surface area (Å²) >= 11 is 0. The molecule has 1 aliphatic rings. The molecule has 0 aromatic carbocycles. The Morgan fingerprint density at radius 2 is 2.00 bits per heavy atom. The lowest BCUT2D eigenvalue weighted by Crippen LogP contribution is -2.54. The highest BCUT2D eigenvalue weighted by Crippen LogP contribution is 2.28. The van der Waals surface area contributed by atoms with Crippen LogP contribution in [0.4, 0.5) is 5.82 Å². The molecule has 0 N–H and O–H groups in total. The van der Waals surface area contributed by atoms with E-state index in [0.717, 1.165) is 29.4 Å². The lowest BCUT2D eigenvalue weighted by atomic mass is 10.0. The zero-order chi connectivity index (χ0) is 18.8. The Bertz CT molecular complexity index is 631. The zero-order valence-corrected chi connectivity index (χ0v) is 16.4. The molecule has 1 aliphatic heterocycles. The molecule has 0 aliphatic carbocycles. The number of nitrogens with zero attached hydrogens (tertiary/aromatic N) is 4. The van der Waals surface area contributed by atoms with E-state index in [4.69, 9.17) is 9.47 Å². The summed E-state index contributed by atoms with van der Waals surface area (Å²) in [5, 5.41) is 0. The third-order valence-electron chi connectivity index (χ3n) is 4.28. The van der Waals surface area contributed by atoms with Gasteiger partial charge in [0.25, 0.3) is 0 Å². The third-order valence-corrected chi connectivity index (χ3v) is 4.28. The number of anilines is 1. The van der Waals surface area contributed by atoms with Gasteiger partial charge in [0.15, 0.2) is 0 Å². The van der Waals surface area contributed by atoms with Crippen LogP contribution in [0.15, 0.2) is 0 Å². The Morgan fingerprint density at radius 3 is 2.64 bits per heavy atom. The predicted octanol–water partition coefficient (Wildman–Crippen LogP) is 1.49. The van der Waals surface area contributed by atoms with Gasteiger partial charge in [-0.3, -0.25) is 4.79 Å². The van der Waals surface area contributed by atoms with Gasteiger partial charge in [0.1, 0.15) is 18.2 Å². The molecular weight excluding hydrogens is 320 g/mol. The summed E-state index contributed by atoms with van der Waals surface area (Å²) in [6, 6.07) is 0. The van der Waals surface area contributed by atoms with Gasteiger partial charge in [-0.1, -0.05) is 0 Å². The molecule has 2 rings (SSSR count). The number of aromatic nitrogens is 2. The van der Waals surface area contributed by atoms with Crippen molar-refractivity contribution in [1.29, 1.82) is 0 Å². The first-order valence-corrected chi connectivity index (χ1v) is 8.61. The van der Waals surface area contributed by atoms with Crippen LogP contribution < -0.4 is 4.90 Å². The van der Waals surface area contributed by atoms with Crippen molar-refractivity contribution in [2.45, 2.75) is 46.3 Å². The third kappa shape index (κ3) is 5.12. The van der Waals surface area contributed by atoms with Crippen molar-refractivity contribution >= 4 is 11.7 Å². The van der Waals surface area contributed by atoms with E-state index < -0.39 is 0 Å². The summed E-state index contributed by atoms with van der Waals surface area (Å²) in [6.45, 7) is 12.0. The van der Waals surface area contributed by atoms with Crippen LogP contribution in [-0.4, -0.2) is 72.9 Å².